The van der Waals surface area contributed by atoms with Gasteiger partial charge in [-0.05, 0) is 6.07 Å². The Kier molecular flexibility index (Phi) is 3.37. The normalized spacial score (nSPS) is 11.6. The number of oxime groups is 1. The Hall–Kier alpha value is -1.60. The van der Waals surface area contributed by atoms with E-state index in [2.05, 4.69) is 15.4 Å². The van der Waals surface area contributed by atoms with Gasteiger partial charge in [-0.1, -0.05) is 46.5 Å². The molecule has 0 saturated carbocycles. The zero-order valence-corrected chi connectivity index (χ0v) is 9.70. The lowest BCUT2D eigenvalue weighted by molar-refractivity contribution is 0.318. The van der Waals surface area contributed by atoms with Crippen molar-refractivity contribution in [3.63, 3.8) is 0 Å². The predicted molar refractivity (Wildman–Crippen MR) is 63.0 cm³/mol. The maximum Gasteiger partial charge on any atom is 0.178 e. The molecule has 0 aliphatic heterocycles. The molecule has 1 heterocycles. The van der Waals surface area contributed by atoms with Crippen LogP contribution in [0.3, 0.4) is 0 Å². The molecule has 0 unspecified atom stereocenters. The van der Waals surface area contributed by atoms with Crippen LogP contribution in [0.4, 0.5) is 0 Å². The first-order valence-corrected chi connectivity index (χ1v) is 6.02. The summed E-state index contributed by atoms with van der Waals surface area (Å²) in [5, 5.41) is 19.3. The van der Waals surface area contributed by atoms with E-state index in [1.54, 1.807) is 11.6 Å². The van der Waals surface area contributed by atoms with E-state index < -0.39 is 0 Å². The summed E-state index contributed by atoms with van der Waals surface area (Å²) in [6.07, 6.45) is 0. The fraction of sp³-hybridized carbons (Fsp3) is 0. The number of nitrogens with zero attached hydrogens (tertiary/aromatic N) is 3. The molecule has 7 heteroatoms. The quantitative estimate of drug-likeness (QED) is 0.376. The number of hydrogen-bond acceptors (Lipinski definition) is 6. The van der Waals surface area contributed by atoms with Crippen LogP contribution in [0.1, 0.15) is 5.56 Å². The molecule has 0 bridgehead atoms. The number of amidine groups is 1. The van der Waals surface area contributed by atoms with Crippen molar-refractivity contribution < 1.29 is 5.21 Å². The molecular weight excluding hydrogens is 244 g/mol. The highest BCUT2D eigenvalue weighted by Gasteiger charge is 2.09. The van der Waals surface area contributed by atoms with Crippen LogP contribution in [0.2, 0.25) is 0 Å². The monoisotopic (exact) mass is 252 g/mol. The van der Waals surface area contributed by atoms with Crippen LogP contribution in [0.15, 0.2) is 44.2 Å². The van der Waals surface area contributed by atoms with Crippen molar-refractivity contribution in [3.05, 3.63) is 35.3 Å². The third-order valence-corrected chi connectivity index (χ3v) is 3.66. The highest BCUT2D eigenvalue weighted by atomic mass is 32.2. The predicted octanol–water partition coefficient (Wildman–Crippen LogP) is 1.78. The van der Waals surface area contributed by atoms with Crippen LogP contribution in [0.5, 0.6) is 0 Å². The Labute approximate surface area is 100 Å². The molecule has 0 radical (unpaired) electrons. The van der Waals surface area contributed by atoms with Gasteiger partial charge in [0.15, 0.2) is 10.2 Å². The molecule has 1 aromatic carbocycles. The maximum atomic E-state index is 8.67. The van der Waals surface area contributed by atoms with E-state index in [1.165, 1.54) is 23.1 Å². The summed E-state index contributed by atoms with van der Waals surface area (Å²) in [7, 11) is 0. The molecule has 0 aliphatic carbocycles. The molecule has 0 fully saturated rings. The molecule has 16 heavy (non-hydrogen) atoms. The van der Waals surface area contributed by atoms with Gasteiger partial charge in [0.2, 0.25) is 0 Å². The molecule has 3 N–H and O–H groups in total. The average molecular weight is 252 g/mol. The molecule has 5 nitrogen and oxygen atoms in total. The van der Waals surface area contributed by atoms with E-state index >= 15 is 0 Å². The number of nitrogens with two attached hydrogens (primary N) is 1. The summed E-state index contributed by atoms with van der Waals surface area (Å²) in [6, 6.07) is 7.40. The van der Waals surface area contributed by atoms with Crippen LogP contribution >= 0.6 is 23.1 Å². The fourth-order valence-electron chi connectivity index (χ4n) is 1.12. The number of aromatic nitrogens is 2. The third kappa shape index (κ3) is 2.31. The van der Waals surface area contributed by atoms with Gasteiger partial charge < -0.3 is 10.9 Å². The van der Waals surface area contributed by atoms with Gasteiger partial charge in [0.25, 0.3) is 0 Å². The van der Waals surface area contributed by atoms with Gasteiger partial charge in [0, 0.05) is 10.5 Å². The third-order valence-electron chi connectivity index (χ3n) is 1.81. The molecule has 2 rings (SSSR count). The minimum Gasteiger partial charge on any atom is -0.409 e. The van der Waals surface area contributed by atoms with Gasteiger partial charge in [-0.2, -0.15) is 0 Å². The molecule has 82 valence electrons. The largest absolute Gasteiger partial charge is 0.409 e. The van der Waals surface area contributed by atoms with Crippen LogP contribution in [0, 0.1) is 0 Å². The van der Waals surface area contributed by atoms with E-state index in [-0.39, 0.29) is 5.84 Å². The lowest BCUT2D eigenvalue weighted by atomic mass is 10.2. The van der Waals surface area contributed by atoms with Crippen molar-refractivity contribution in [2.75, 3.05) is 0 Å². The Morgan fingerprint density at radius 1 is 1.44 bits per heavy atom. The molecule has 0 spiro atoms. The van der Waals surface area contributed by atoms with E-state index in [0.717, 1.165) is 9.24 Å². The SMILES string of the molecule is N/C(=N\O)c1ccccc1Sc1nncs1. The lowest BCUT2D eigenvalue weighted by Crippen LogP contribution is -2.13. The summed E-state index contributed by atoms with van der Waals surface area (Å²) in [6.45, 7) is 0. The van der Waals surface area contributed by atoms with Gasteiger partial charge in [-0.15, -0.1) is 10.2 Å². The van der Waals surface area contributed by atoms with Crippen LogP contribution in [0.25, 0.3) is 0 Å². The lowest BCUT2D eigenvalue weighted by Gasteiger charge is -2.04. The van der Waals surface area contributed by atoms with Crippen LogP contribution < -0.4 is 5.73 Å². The van der Waals surface area contributed by atoms with Crippen LogP contribution in [-0.4, -0.2) is 21.2 Å². The highest BCUT2D eigenvalue weighted by molar-refractivity contribution is 8.01. The van der Waals surface area contributed by atoms with Gasteiger partial charge >= 0.3 is 0 Å². The molecule has 0 saturated heterocycles. The second-order valence-electron chi connectivity index (χ2n) is 2.79. The van der Waals surface area contributed by atoms with E-state index in [0.29, 0.717) is 5.56 Å². The summed E-state index contributed by atoms with van der Waals surface area (Å²) in [5.74, 6) is 0.0904. The summed E-state index contributed by atoms with van der Waals surface area (Å²) in [5.41, 5.74) is 7.92. The van der Waals surface area contributed by atoms with E-state index in [1.807, 2.05) is 18.2 Å². The van der Waals surface area contributed by atoms with E-state index in [4.69, 9.17) is 10.9 Å². The first kappa shape index (κ1) is 10.9. The van der Waals surface area contributed by atoms with Crippen LogP contribution in [-0.2, 0) is 0 Å². The molecular formula is C9H8N4OS2. The standard InChI is InChI=1S/C9H8N4OS2/c10-8(13-14)6-3-1-2-4-7(6)16-9-12-11-5-15-9/h1-5,14H,(H2,10,13). The van der Waals surface area contributed by atoms with Crippen molar-refractivity contribution >= 4 is 28.9 Å². The van der Waals surface area contributed by atoms with Crippen molar-refractivity contribution in [3.8, 4) is 0 Å². The number of hydrogen-bond donors (Lipinski definition) is 2. The minimum absolute atomic E-state index is 0.0904. The highest BCUT2D eigenvalue weighted by Crippen LogP contribution is 2.30. The molecule has 1 aromatic heterocycles. The summed E-state index contributed by atoms with van der Waals surface area (Å²) >= 11 is 2.88. The second kappa shape index (κ2) is 4.95. The minimum atomic E-state index is 0.0904. The first-order valence-electron chi connectivity index (χ1n) is 4.32. The zero-order chi connectivity index (χ0) is 11.4. The van der Waals surface area contributed by atoms with Gasteiger partial charge in [-0.25, -0.2) is 0 Å². The second-order valence-corrected chi connectivity index (χ2v) is 4.91. The van der Waals surface area contributed by atoms with E-state index in [9.17, 15) is 0 Å². The van der Waals surface area contributed by atoms with Crippen molar-refractivity contribution in [1.29, 1.82) is 0 Å². The van der Waals surface area contributed by atoms with Gasteiger partial charge in [-0.3, -0.25) is 0 Å². The maximum absolute atomic E-state index is 8.67. The Morgan fingerprint density at radius 3 is 2.94 bits per heavy atom. The smallest absolute Gasteiger partial charge is 0.178 e. The first-order chi connectivity index (χ1) is 7.81. The summed E-state index contributed by atoms with van der Waals surface area (Å²) < 4.78 is 0.818. The average Bonchev–Trinajstić information content (AvgIpc) is 2.82. The Balaban J connectivity index is 2.34. The fourth-order valence-corrected chi connectivity index (χ4v) is 2.70. The Bertz CT molecular complexity index is 498. The van der Waals surface area contributed by atoms with Crippen molar-refractivity contribution in [2.24, 2.45) is 10.9 Å². The van der Waals surface area contributed by atoms with Gasteiger partial charge in [0.1, 0.15) is 5.51 Å². The molecule has 2 aromatic rings. The van der Waals surface area contributed by atoms with Crippen molar-refractivity contribution in [1.82, 2.24) is 10.2 Å². The van der Waals surface area contributed by atoms with Gasteiger partial charge in [0.05, 0.1) is 0 Å². The number of rotatable bonds is 3. The molecule has 0 amide bonds. The molecule has 0 aliphatic rings. The Morgan fingerprint density at radius 2 is 2.25 bits per heavy atom. The van der Waals surface area contributed by atoms with Crippen molar-refractivity contribution in [2.45, 2.75) is 9.24 Å². The zero-order valence-electron chi connectivity index (χ0n) is 8.07. The molecule has 0 atom stereocenters. The number of benzene rings is 1. The topological polar surface area (TPSA) is 84.4 Å². The summed E-state index contributed by atoms with van der Waals surface area (Å²) in [4.78, 5) is 0.884.